The molecule has 1 N–H and O–H groups in total. The molecule has 10 heteroatoms. The summed E-state index contributed by atoms with van der Waals surface area (Å²) in [5, 5.41) is 3.39. The Morgan fingerprint density at radius 1 is 1.18 bits per heavy atom. The van der Waals surface area contributed by atoms with E-state index in [4.69, 9.17) is 4.74 Å². The predicted molar refractivity (Wildman–Crippen MR) is 126 cm³/mol. The molecule has 0 unspecified atom stereocenters. The van der Waals surface area contributed by atoms with Gasteiger partial charge in [0.25, 0.3) is 0 Å². The van der Waals surface area contributed by atoms with E-state index >= 15 is 0 Å². The second-order valence-corrected chi connectivity index (χ2v) is 10.6. The largest absolute Gasteiger partial charge is 0.447 e. The van der Waals surface area contributed by atoms with E-state index in [-0.39, 0.29) is 23.1 Å². The quantitative estimate of drug-likeness (QED) is 0.601. The Bertz CT molecular complexity index is 1280. The van der Waals surface area contributed by atoms with Gasteiger partial charge in [0.2, 0.25) is 0 Å². The fraction of sp³-hybridized carbons (Fsp3) is 0.435. The molecular weight excluding hydrogens is 442 g/mol. The number of hydrogen-bond donors (Lipinski definition) is 1. The van der Waals surface area contributed by atoms with Crippen LogP contribution in [0, 0.1) is 6.92 Å². The summed E-state index contributed by atoms with van der Waals surface area (Å²) in [4.78, 5) is 22.8. The van der Waals surface area contributed by atoms with Gasteiger partial charge in [-0.25, -0.2) is 23.2 Å². The molecule has 0 atom stereocenters. The maximum atomic E-state index is 12.2. The number of fused-ring (bicyclic) bond motifs is 1. The second kappa shape index (κ2) is 9.01. The number of ether oxygens (including phenoxy) is 1. The van der Waals surface area contributed by atoms with Crippen LogP contribution in [-0.4, -0.2) is 59.2 Å². The first kappa shape index (κ1) is 23.0. The summed E-state index contributed by atoms with van der Waals surface area (Å²) in [7, 11) is -3.36. The molecular formula is C23H29N5O4S. The van der Waals surface area contributed by atoms with Gasteiger partial charge >= 0.3 is 6.09 Å². The van der Waals surface area contributed by atoms with Gasteiger partial charge in [-0.05, 0) is 57.9 Å². The highest BCUT2D eigenvalue weighted by atomic mass is 32.2. The van der Waals surface area contributed by atoms with Crippen LogP contribution in [-0.2, 0) is 14.6 Å². The molecule has 1 fully saturated rings. The van der Waals surface area contributed by atoms with E-state index < -0.39 is 9.84 Å². The minimum Gasteiger partial charge on any atom is -0.447 e. The first-order chi connectivity index (χ1) is 15.6. The molecule has 4 heterocycles. The molecule has 0 radical (unpaired) electrons. The molecule has 3 aromatic rings. The van der Waals surface area contributed by atoms with Crippen molar-refractivity contribution in [2.24, 2.45) is 0 Å². The topological polar surface area (TPSA) is 106 Å². The molecule has 4 rings (SSSR count). The lowest BCUT2D eigenvalue weighted by molar-refractivity contribution is 0.0690. The number of hydrogen-bond acceptors (Lipinski definition) is 7. The summed E-state index contributed by atoms with van der Waals surface area (Å²) in [6, 6.07) is 7.10. The van der Waals surface area contributed by atoms with E-state index in [1.807, 2.05) is 38.4 Å². The lowest BCUT2D eigenvalue weighted by Gasteiger charge is -2.31. The molecule has 0 bridgehead atoms. The molecule has 0 aromatic carbocycles. The monoisotopic (exact) mass is 471 g/mol. The number of sulfone groups is 1. The van der Waals surface area contributed by atoms with E-state index in [9.17, 15) is 13.2 Å². The first-order valence-electron chi connectivity index (χ1n) is 11.0. The summed E-state index contributed by atoms with van der Waals surface area (Å²) in [5.41, 5.74) is 4.00. The Labute approximate surface area is 193 Å². The number of rotatable bonds is 5. The van der Waals surface area contributed by atoms with Crippen LogP contribution in [0.15, 0.2) is 41.7 Å². The highest BCUT2D eigenvalue weighted by Gasteiger charge is 2.27. The first-order valence-corrected chi connectivity index (χ1v) is 12.9. The van der Waals surface area contributed by atoms with Crippen LogP contribution < -0.4 is 5.32 Å². The third-order valence-electron chi connectivity index (χ3n) is 5.78. The van der Waals surface area contributed by atoms with Crippen molar-refractivity contribution in [1.29, 1.82) is 0 Å². The van der Waals surface area contributed by atoms with Crippen molar-refractivity contribution in [2.75, 3.05) is 24.7 Å². The van der Waals surface area contributed by atoms with E-state index in [1.165, 1.54) is 6.07 Å². The molecule has 0 saturated carbocycles. The van der Waals surface area contributed by atoms with E-state index in [0.29, 0.717) is 18.8 Å². The number of anilines is 2. The maximum absolute atomic E-state index is 12.2. The zero-order chi connectivity index (χ0) is 23.8. The molecule has 0 spiro atoms. The standard InChI is InChI=1S/C23H29N5O4S/c1-15(2)32-23(29)27-12-9-17(10-13-27)20-14-24-22-19(6-5-11-28(20)22)26-18-7-8-21(25-16(18)3)33(4,30)31/h5-8,11,14-15,17,26H,9-10,12-13H2,1-4H3. The van der Waals surface area contributed by atoms with Gasteiger partial charge in [-0.2, -0.15) is 0 Å². The summed E-state index contributed by atoms with van der Waals surface area (Å²) in [6.07, 6.45) is 6.33. The number of nitrogens with one attached hydrogen (secondary N) is 1. The molecule has 1 saturated heterocycles. The molecule has 176 valence electrons. The number of imidazole rings is 1. The molecule has 9 nitrogen and oxygen atoms in total. The van der Waals surface area contributed by atoms with Gasteiger partial charge in [-0.3, -0.25) is 0 Å². The average molecular weight is 472 g/mol. The fourth-order valence-corrected chi connectivity index (χ4v) is 4.70. The summed E-state index contributed by atoms with van der Waals surface area (Å²) >= 11 is 0. The Balaban J connectivity index is 1.53. The van der Waals surface area contributed by atoms with E-state index in [0.717, 1.165) is 41.8 Å². The zero-order valence-electron chi connectivity index (χ0n) is 19.3. The van der Waals surface area contributed by atoms with Crippen LogP contribution in [0.2, 0.25) is 0 Å². The lowest BCUT2D eigenvalue weighted by atomic mass is 9.94. The Morgan fingerprint density at radius 3 is 2.55 bits per heavy atom. The number of nitrogens with zero attached hydrogens (tertiary/aromatic N) is 4. The second-order valence-electron chi connectivity index (χ2n) is 8.67. The van der Waals surface area contributed by atoms with Crippen molar-refractivity contribution in [3.05, 3.63) is 48.0 Å². The van der Waals surface area contributed by atoms with Crippen molar-refractivity contribution in [3.63, 3.8) is 0 Å². The van der Waals surface area contributed by atoms with Crippen molar-refractivity contribution >= 4 is 33.0 Å². The van der Waals surface area contributed by atoms with Crippen LogP contribution in [0.1, 0.15) is 44.0 Å². The molecule has 0 aliphatic carbocycles. The zero-order valence-corrected chi connectivity index (χ0v) is 20.1. The molecule has 3 aromatic heterocycles. The van der Waals surface area contributed by atoms with Crippen molar-refractivity contribution in [2.45, 2.75) is 50.7 Å². The van der Waals surface area contributed by atoms with Crippen molar-refractivity contribution in [1.82, 2.24) is 19.3 Å². The molecule has 1 aliphatic heterocycles. The van der Waals surface area contributed by atoms with Crippen molar-refractivity contribution in [3.8, 4) is 0 Å². The number of aromatic nitrogens is 3. The number of pyridine rings is 2. The highest BCUT2D eigenvalue weighted by molar-refractivity contribution is 7.90. The third kappa shape index (κ3) is 4.95. The van der Waals surface area contributed by atoms with Crippen LogP contribution in [0.5, 0.6) is 0 Å². The third-order valence-corrected chi connectivity index (χ3v) is 6.77. The average Bonchev–Trinajstić information content (AvgIpc) is 3.19. The van der Waals surface area contributed by atoms with Crippen LogP contribution in [0.3, 0.4) is 0 Å². The van der Waals surface area contributed by atoms with Gasteiger partial charge in [0.05, 0.1) is 23.2 Å². The predicted octanol–water partition coefficient (Wildman–Crippen LogP) is 3.91. The summed E-state index contributed by atoms with van der Waals surface area (Å²) in [6.45, 7) is 6.78. The van der Waals surface area contributed by atoms with Crippen LogP contribution in [0.25, 0.3) is 5.65 Å². The number of amides is 1. The molecule has 33 heavy (non-hydrogen) atoms. The normalized spacial score (nSPS) is 15.2. The number of piperidine rings is 1. The Hall–Kier alpha value is -3.14. The number of likely N-dealkylation sites (tertiary alicyclic amines) is 1. The highest BCUT2D eigenvalue weighted by Crippen LogP contribution is 2.31. The molecule has 1 aliphatic rings. The number of carbonyl (C=O) groups is 1. The van der Waals surface area contributed by atoms with Gasteiger partial charge in [0.1, 0.15) is 0 Å². The SMILES string of the molecule is Cc1nc(S(C)(=O)=O)ccc1Nc1cccn2c(C3CCN(C(=O)OC(C)C)CC3)cnc12. The Kier molecular flexibility index (Phi) is 6.29. The minimum atomic E-state index is -3.36. The van der Waals surface area contributed by atoms with Gasteiger partial charge in [0, 0.05) is 43.4 Å². The Morgan fingerprint density at radius 2 is 1.91 bits per heavy atom. The lowest BCUT2D eigenvalue weighted by Crippen LogP contribution is -2.39. The van der Waals surface area contributed by atoms with Gasteiger partial charge in [-0.15, -0.1) is 0 Å². The maximum Gasteiger partial charge on any atom is 0.410 e. The summed E-state index contributed by atoms with van der Waals surface area (Å²) in [5.74, 6) is 0.288. The van der Waals surface area contributed by atoms with Crippen LogP contribution >= 0.6 is 0 Å². The fourth-order valence-electron chi connectivity index (χ4n) is 4.09. The van der Waals surface area contributed by atoms with E-state index in [2.05, 4.69) is 19.7 Å². The van der Waals surface area contributed by atoms with Gasteiger partial charge < -0.3 is 19.4 Å². The smallest absolute Gasteiger partial charge is 0.410 e. The molecule has 1 amide bonds. The van der Waals surface area contributed by atoms with Crippen molar-refractivity contribution < 1.29 is 17.9 Å². The summed E-state index contributed by atoms with van der Waals surface area (Å²) < 4.78 is 30.9. The van der Waals surface area contributed by atoms with Gasteiger partial charge in [-0.1, -0.05) is 0 Å². The number of carbonyl (C=O) groups excluding carboxylic acids is 1. The van der Waals surface area contributed by atoms with Crippen LogP contribution in [0.4, 0.5) is 16.2 Å². The van der Waals surface area contributed by atoms with E-state index in [1.54, 1.807) is 17.9 Å². The number of aryl methyl sites for hydroxylation is 1. The minimum absolute atomic E-state index is 0.0514. The van der Waals surface area contributed by atoms with Gasteiger partial charge in [0.15, 0.2) is 20.5 Å².